The highest BCUT2D eigenvalue weighted by Crippen LogP contribution is 2.44. The minimum Gasteiger partial charge on any atom is -0.322 e. The van der Waals surface area contributed by atoms with Gasteiger partial charge in [-0.25, -0.2) is 0 Å². The molecule has 0 spiro atoms. The minimum absolute atomic E-state index is 0.147. The van der Waals surface area contributed by atoms with Crippen LogP contribution < -0.4 is 10.2 Å². The molecule has 2 fully saturated rings. The van der Waals surface area contributed by atoms with Crippen LogP contribution in [0.1, 0.15) is 28.8 Å². The average molecular weight is 555 g/mol. The van der Waals surface area contributed by atoms with Gasteiger partial charge < -0.3 is 5.32 Å². The highest BCUT2D eigenvalue weighted by atomic mass is 79.9. The number of nitrogens with one attached hydrogen (secondary N) is 1. The van der Waals surface area contributed by atoms with E-state index in [2.05, 4.69) is 37.2 Å². The van der Waals surface area contributed by atoms with Gasteiger partial charge in [-0.1, -0.05) is 55.6 Å². The number of imide groups is 1. The summed E-state index contributed by atoms with van der Waals surface area (Å²) in [6.45, 7) is 1.83. The molecular weight excluding hydrogens is 536 g/mol. The zero-order chi connectivity index (χ0) is 21.6. The first-order valence-electron chi connectivity index (χ1n) is 9.60. The Kier molecular flexibility index (Phi) is 6.06. The number of anilines is 2. The Balaban J connectivity index is 1.59. The van der Waals surface area contributed by atoms with Crippen molar-refractivity contribution in [3.05, 3.63) is 58.6 Å². The molecule has 8 heteroatoms. The van der Waals surface area contributed by atoms with Crippen molar-refractivity contribution in [2.24, 2.45) is 11.8 Å². The maximum atomic E-state index is 13.0. The summed E-state index contributed by atoms with van der Waals surface area (Å²) in [5, 5.41) is 3.41. The number of benzene rings is 2. The standard InChI is InChI=1S/C22H19Br2ClN2O3/c1-11-18(25)6-3-7-19(11)26-20(28)12-4-2-5-13(8-12)27-21(29)14-9-16(23)17(24)10-15(14)22(27)30/h2-8,14-17H,9-10H2,1H3,(H,26,28)/t14-,15-,16-,17+/m1/s1. The van der Waals surface area contributed by atoms with E-state index in [1.807, 2.05) is 6.92 Å². The quantitative estimate of drug-likeness (QED) is 0.412. The maximum Gasteiger partial charge on any atom is 0.255 e. The summed E-state index contributed by atoms with van der Waals surface area (Å²) >= 11 is 13.3. The predicted octanol–water partition coefficient (Wildman–Crippen LogP) is 5.33. The topological polar surface area (TPSA) is 66.5 Å². The number of carbonyl (C=O) groups excluding carboxylic acids is 3. The lowest BCUT2D eigenvalue weighted by molar-refractivity contribution is -0.122. The van der Waals surface area contributed by atoms with Crippen molar-refractivity contribution in [3.8, 4) is 0 Å². The van der Waals surface area contributed by atoms with Crippen LogP contribution in [0, 0.1) is 18.8 Å². The molecule has 4 rings (SSSR count). The third-order valence-electron chi connectivity index (χ3n) is 5.79. The summed E-state index contributed by atoms with van der Waals surface area (Å²) < 4.78 is 0. The summed E-state index contributed by atoms with van der Waals surface area (Å²) in [4.78, 5) is 40.3. The molecule has 30 heavy (non-hydrogen) atoms. The molecule has 0 bridgehead atoms. The molecule has 1 aliphatic carbocycles. The average Bonchev–Trinajstić information content (AvgIpc) is 2.95. The summed E-state index contributed by atoms with van der Waals surface area (Å²) in [7, 11) is 0. The van der Waals surface area contributed by atoms with Crippen LogP contribution in [-0.2, 0) is 9.59 Å². The number of nitrogens with zero attached hydrogens (tertiary/aromatic N) is 1. The van der Waals surface area contributed by atoms with Gasteiger partial charge in [0, 0.05) is 25.9 Å². The number of amides is 3. The van der Waals surface area contributed by atoms with Gasteiger partial charge in [0.2, 0.25) is 11.8 Å². The third-order valence-corrected chi connectivity index (χ3v) is 8.94. The smallest absolute Gasteiger partial charge is 0.255 e. The lowest BCUT2D eigenvalue weighted by atomic mass is 9.81. The van der Waals surface area contributed by atoms with E-state index in [1.54, 1.807) is 42.5 Å². The van der Waals surface area contributed by atoms with Crippen LogP contribution in [0.2, 0.25) is 5.02 Å². The zero-order valence-corrected chi connectivity index (χ0v) is 20.0. The normalized spacial score (nSPS) is 25.9. The van der Waals surface area contributed by atoms with Crippen LogP contribution in [0.3, 0.4) is 0 Å². The summed E-state index contributed by atoms with van der Waals surface area (Å²) in [6, 6.07) is 11.9. The maximum absolute atomic E-state index is 13.0. The zero-order valence-electron chi connectivity index (χ0n) is 16.1. The molecule has 1 saturated heterocycles. The first-order valence-corrected chi connectivity index (χ1v) is 11.8. The Morgan fingerprint density at radius 2 is 1.63 bits per heavy atom. The molecule has 2 aromatic carbocycles. The van der Waals surface area contributed by atoms with Gasteiger partial charge in [-0.3, -0.25) is 19.3 Å². The molecule has 0 unspecified atom stereocenters. The Morgan fingerprint density at radius 3 is 2.27 bits per heavy atom. The van der Waals surface area contributed by atoms with Gasteiger partial charge in [0.25, 0.3) is 5.91 Å². The molecule has 1 aliphatic heterocycles. The predicted molar refractivity (Wildman–Crippen MR) is 125 cm³/mol. The molecule has 4 atom stereocenters. The second kappa shape index (κ2) is 8.44. The Labute approximate surface area is 196 Å². The molecule has 1 saturated carbocycles. The van der Waals surface area contributed by atoms with Crippen LogP contribution >= 0.6 is 43.5 Å². The van der Waals surface area contributed by atoms with Gasteiger partial charge in [0.1, 0.15) is 0 Å². The first-order chi connectivity index (χ1) is 14.3. The highest BCUT2D eigenvalue weighted by molar-refractivity contribution is 9.12. The molecule has 5 nitrogen and oxygen atoms in total. The van der Waals surface area contributed by atoms with Crippen molar-refractivity contribution >= 4 is 72.6 Å². The molecule has 2 aliphatic rings. The summed E-state index contributed by atoms with van der Waals surface area (Å²) in [6.07, 6.45) is 1.21. The second-order valence-corrected chi connectivity index (χ2v) is 10.4. The molecule has 1 heterocycles. The van der Waals surface area contributed by atoms with Crippen molar-refractivity contribution in [2.75, 3.05) is 10.2 Å². The number of carbonyl (C=O) groups is 3. The van der Waals surface area contributed by atoms with Gasteiger partial charge in [0.05, 0.1) is 17.5 Å². The Hall–Kier alpha value is -1.70. The van der Waals surface area contributed by atoms with Crippen molar-refractivity contribution in [1.82, 2.24) is 0 Å². The number of halogens is 3. The second-order valence-electron chi connectivity index (χ2n) is 7.65. The molecule has 1 N–H and O–H groups in total. The minimum atomic E-state index is -0.334. The number of hydrogen-bond donors (Lipinski definition) is 1. The fraction of sp³-hybridized carbons (Fsp3) is 0.318. The van der Waals surface area contributed by atoms with E-state index in [0.29, 0.717) is 34.8 Å². The number of fused-ring (bicyclic) bond motifs is 1. The molecule has 156 valence electrons. The number of rotatable bonds is 3. The number of hydrogen-bond acceptors (Lipinski definition) is 3. The summed E-state index contributed by atoms with van der Waals surface area (Å²) in [5.41, 5.74) is 2.17. The van der Waals surface area contributed by atoms with Crippen molar-refractivity contribution in [3.63, 3.8) is 0 Å². The van der Waals surface area contributed by atoms with Crippen molar-refractivity contribution in [1.29, 1.82) is 0 Å². The van der Waals surface area contributed by atoms with E-state index in [0.717, 1.165) is 5.56 Å². The Morgan fingerprint density at radius 1 is 1.03 bits per heavy atom. The SMILES string of the molecule is Cc1c(Cl)cccc1NC(=O)c1cccc(N2C(=O)[C@@H]3C[C@@H](Br)[C@@H](Br)C[C@H]3C2=O)c1. The van der Waals surface area contributed by atoms with Crippen LogP contribution in [0.4, 0.5) is 11.4 Å². The van der Waals surface area contributed by atoms with Gasteiger partial charge in [-0.15, -0.1) is 0 Å². The van der Waals surface area contributed by atoms with Crippen LogP contribution in [0.15, 0.2) is 42.5 Å². The van der Waals surface area contributed by atoms with E-state index in [9.17, 15) is 14.4 Å². The summed E-state index contributed by atoms with van der Waals surface area (Å²) in [5.74, 6) is -1.39. The first kappa shape index (κ1) is 21.5. The monoisotopic (exact) mass is 552 g/mol. The van der Waals surface area contributed by atoms with Crippen molar-refractivity contribution in [2.45, 2.75) is 29.4 Å². The Bertz CT molecular complexity index is 1020. The fourth-order valence-corrected chi connectivity index (χ4v) is 5.48. The fourth-order valence-electron chi connectivity index (χ4n) is 4.07. The van der Waals surface area contributed by atoms with Gasteiger partial charge in [-0.05, 0) is 55.7 Å². The lowest BCUT2D eigenvalue weighted by Gasteiger charge is -2.29. The number of alkyl halides is 2. The van der Waals surface area contributed by atoms with Gasteiger partial charge >= 0.3 is 0 Å². The highest BCUT2D eigenvalue weighted by Gasteiger charge is 2.52. The van der Waals surface area contributed by atoms with Crippen molar-refractivity contribution < 1.29 is 14.4 Å². The van der Waals surface area contributed by atoms with Crippen LogP contribution in [-0.4, -0.2) is 27.4 Å². The van der Waals surface area contributed by atoms with Crippen LogP contribution in [0.25, 0.3) is 0 Å². The van der Waals surface area contributed by atoms with E-state index >= 15 is 0 Å². The van der Waals surface area contributed by atoms with E-state index in [-0.39, 0.29) is 39.2 Å². The van der Waals surface area contributed by atoms with E-state index < -0.39 is 0 Å². The van der Waals surface area contributed by atoms with E-state index in [1.165, 1.54) is 4.90 Å². The molecular formula is C22H19Br2ClN2O3. The van der Waals surface area contributed by atoms with E-state index in [4.69, 9.17) is 11.6 Å². The third kappa shape index (κ3) is 3.83. The van der Waals surface area contributed by atoms with Gasteiger partial charge in [-0.2, -0.15) is 0 Å². The van der Waals surface area contributed by atoms with Crippen LogP contribution in [0.5, 0.6) is 0 Å². The molecule has 3 amide bonds. The lowest BCUT2D eigenvalue weighted by Crippen LogP contribution is -2.34. The molecule has 0 aromatic heterocycles. The molecule has 0 radical (unpaired) electrons. The van der Waals surface area contributed by atoms with Gasteiger partial charge in [0.15, 0.2) is 0 Å². The molecule has 2 aromatic rings. The largest absolute Gasteiger partial charge is 0.322 e.